The van der Waals surface area contributed by atoms with Crippen molar-refractivity contribution in [1.29, 1.82) is 0 Å². The minimum absolute atomic E-state index is 0.0351. The van der Waals surface area contributed by atoms with Crippen LogP contribution in [0.2, 0.25) is 0 Å². The molecule has 2 aliphatic rings. The third-order valence-electron chi connectivity index (χ3n) is 6.87. The molecule has 1 amide bonds. The summed E-state index contributed by atoms with van der Waals surface area (Å²) in [6.07, 6.45) is 4.32. The van der Waals surface area contributed by atoms with Crippen molar-refractivity contribution in [2.45, 2.75) is 53.0 Å². The van der Waals surface area contributed by atoms with Gasteiger partial charge in [0, 0.05) is 31.7 Å². The summed E-state index contributed by atoms with van der Waals surface area (Å²) in [5.74, 6) is 3.01. The second-order valence-electron chi connectivity index (χ2n) is 10.3. The van der Waals surface area contributed by atoms with Crippen LogP contribution in [0.4, 0.5) is 0 Å². The lowest BCUT2D eigenvalue weighted by Gasteiger charge is -2.35. The van der Waals surface area contributed by atoms with Gasteiger partial charge in [0.05, 0.1) is 12.5 Å². The summed E-state index contributed by atoms with van der Waals surface area (Å²) in [6, 6.07) is 8.11. The molecule has 0 radical (unpaired) electrons. The summed E-state index contributed by atoms with van der Waals surface area (Å²) < 4.78 is 5.50. The normalized spacial score (nSPS) is 24.6. The van der Waals surface area contributed by atoms with Gasteiger partial charge in [0.15, 0.2) is 0 Å². The molecule has 7 nitrogen and oxygen atoms in total. The summed E-state index contributed by atoms with van der Waals surface area (Å²) in [5.41, 5.74) is 2.14. The summed E-state index contributed by atoms with van der Waals surface area (Å²) >= 11 is 0. The lowest BCUT2D eigenvalue weighted by Crippen LogP contribution is -2.43. The molecule has 2 fully saturated rings. The van der Waals surface area contributed by atoms with E-state index >= 15 is 0 Å². The number of likely N-dealkylation sites (tertiary alicyclic amines) is 2. The largest absolute Gasteiger partial charge is 0.356 e. The topological polar surface area (TPSA) is 74.5 Å². The highest BCUT2D eigenvalue weighted by molar-refractivity contribution is 5.78. The molecule has 3 atom stereocenters. The number of carbonyl (C=O) groups is 1. The van der Waals surface area contributed by atoms with Crippen molar-refractivity contribution < 1.29 is 9.32 Å². The Hall–Kier alpha value is -2.25. The van der Waals surface area contributed by atoms with Crippen molar-refractivity contribution >= 4 is 5.91 Å². The van der Waals surface area contributed by atoms with Gasteiger partial charge in [-0.3, -0.25) is 9.69 Å². The van der Waals surface area contributed by atoms with Crippen molar-refractivity contribution in [2.24, 2.45) is 17.8 Å². The quantitative estimate of drug-likeness (QED) is 0.614. The average molecular weight is 454 g/mol. The van der Waals surface area contributed by atoms with Crippen LogP contribution in [0, 0.1) is 24.7 Å². The molecule has 7 heteroatoms. The Labute approximate surface area is 197 Å². The fourth-order valence-electron chi connectivity index (χ4n) is 5.46. The third-order valence-corrected chi connectivity index (χ3v) is 6.87. The molecule has 0 spiro atoms. The summed E-state index contributed by atoms with van der Waals surface area (Å²) in [4.78, 5) is 22.2. The predicted octanol–water partition coefficient (Wildman–Crippen LogP) is 3.74. The number of nitrogens with zero attached hydrogens (tertiary/aromatic N) is 4. The van der Waals surface area contributed by atoms with E-state index in [1.54, 1.807) is 0 Å². The molecule has 3 heterocycles. The lowest BCUT2D eigenvalue weighted by atomic mass is 9.92. The van der Waals surface area contributed by atoms with E-state index in [1.165, 1.54) is 25.1 Å². The SMILES string of the molecule is Cc1cccc(-c2noc(CN3CCCC(C(=O)NCCCN4CC(C)CC(C)C4)C3)n2)c1. The van der Waals surface area contributed by atoms with E-state index in [9.17, 15) is 4.79 Å². The number of benzene rings is 1. The van der Waals surface area contributed by atoms with Gasteiger partial charge in [-0.2, -0.15) is 4.98 Å². The molecule has 2 aliphatic heterocycles. The Morgan fingerprint density at radius 3 is 2.79 bits per heavy atom. The minimum Gasteiger partial charge on any atom is -0.356 e. The molecule has 2 saturated heterocycles. The molecule has 0 saturated carbocycles. The Kier molecular flexibility index (Phi) is 8.15. The van der Waals surface area contributed by atoms with Crippen molar-refractivity contribution in [1.82, 2.24) is 25.3 Å². The Bertz CT molecular complexity index is 904. The van der Waals surface area contributed by atoms with Crippen LogP contribution in [0.3, 0.4) is 0 Å². The van der Waals surface area contributed by atoms with Crippen LogP contribution in [-0.2, 0) is 11.3 Å². The van der Waals surface area contributed by atoms with E-state index in [0.717, 1.165) is 62.8 Å². The van der Waals surface area contributed by atoms with Crippen LogP contribution in [0.15, 0.2) is 28.8 Å². The molecule has 1 aromatic heterocycles. The van der Waals surface area contributed by atoms with Crippen LogP contribution < -0.4 is 5.32 Å². The molecule has 2 aromatic rings. The standard InChI is InChI=1S/C26H39N5O2/c1-19-7-4-8-22(14-19)25-28-24(33-29-25)18-31-11-5-9-23(17-31)26(32)27-10-6-12-30-15-20(2)13-21(3)16-30/h4,7-8,14,20-21,23H,5-6,9-13,15-18H2,1-3H3,(H,27,32). The smallest absolute Gasteiger partial charge is 0.241 e. The molecule has 1 aromatic carbocycles. The van der Waals surface area contributed by atoms with Gasteiger partial charge in [0.2, 0.25) is 17.6 Å². The van der Waals surface area contributed by atoms with Crippen molar-refractivity contribution in [2.75, 3.05) is 39.3 Å². The molecule has 4 rings (SSSR count). The van der Waals surface area contributed by atoms with Crippen molar-refractivity contribution in [3.8, 4) is 11.4 Å². The number of hydrogen-bond donors (Lipinski definition) is 1. The van der Waals surface area contributed by atoms with E-state index in [4.69, 9.17) is 4.52 Å². The predicted molar refractivity (Wildman–Crippen MR) is 129 cm³/mol. The van der Waals surface area contributed by atoms with E-state index in [2.05, 4.69) is 58.2 Å². The molecular weight excluding hydrogens is 414 g/mol. The maximum absolute atomic E-state index is 12.8. The van der Waals surface area contributed by atoms with Crippen LogP contribution in [-0.4, -0.2) is 65.1 Å². The Balaban J connectivity index is 1.20. The van der Waals surface area contributed by atoms with Crippen molar-refractivity contribution in [3.05, 3.63) is 35.7 Å². The van der Waals surface area contributed by atoms with Gasteiger partial charge < -0.3 is 14.7 Å². The van der Waals surface area contributed by atoms with E-state index < -0.39 is 0 Å². The van der Waals surface area contributed by atoms with Crippen LogP contribution in [0.25, 0.3) is 11.4 Å². The second-order valence-corrected chi connectivity index (χ2v) is 10.3. The summed E-state index contributed by atoms with van der Waals surface area (Å²) in [6.45, 7) is 13.3. The maximum atomic E-state index is 12.8. The second kappa shape index (κ2) is 11.3. The first-order valence-electron chi connectivity index (χ1n) is 12.6. The lowest BCUT2D eigenvalue weighted by molar-refractivity contribution is -0.126. The number of piperidine rings is 2. The van der Waals surface area contributed by atoms with Crippen LogP contribution >= 0.6 is 0 Å². The fraction of sp³-hybridized carbons (Fsp3) is 0.654. The fourth-order valence-corrected chi connectivity index (χ4v) is 5.46. The van der Waals surface area contributed by atoms with Crippen molar-refractivity contribution in [3.63, 3.8) is 0 Å². The average Bonchev–Trinajstić information content (AvgIpc) is 3.25. The van der Waals surface area contributed by atoms with Gasteiger partial charge in [0.25, 0.3) is 0 Å². The zero-order chi connectivity index (χ0) is 23.2. The number of carbonyl (C=O) groups excluding carboxylic acids is 1. The molecule has 0 aliphatic carbocycles. The zero-order valence-electron chi connectivity index (χ0n) is 20.4. The number of nitrogens with one attached hydrogen (secondary N) is 1. The first-order chi connectivity index (χ1) is 16.0. The first kappa shape index (κ1) is 23.9. The van der Waals surface area contributed by atoms with Crippen LogP contribution in [0.5, 0.6) is 0 Å². The number of aromatic nitrogens is 2. The highest BCUT2D eigenvalue weighted by Gasteiger charge is 2.27. The number of hydrogen-bond acceptors (Lipinski definition) is 6. The number of aryl methyl sites for hydroxylation is 1. The minimum atomic E-state index is 0.0351. The van der Waals surface area contributed by atoms with Gasteiger partial charge in [-0.15, -0.1) is 0 Å². The van der Waals surface area contributed by atoms with Gasteiger partial charge in [-0.25, -0.2) is 0 Å². The number of amides is 1. The van der Waals surface area contributed by atoms with Gasteiger partial charge in [0.1, 0.15) is 0 Å². The molecular formula is C26H39N5O2. The molecule has 0 bridgehead atoms. The Morgan fingerprint density at radius 2 is 2.00 bits per heavy atom. The molecule has 3 unspecified atom stereocenters. The van der Waals surface area contributed by atoms with Gasteiger partial charge in [-0.1, -0.05) is 42.8 Å². The monoisotopic (exact) mass is 453 g/mol. The number of rotatable bonds is 8. The van der Waals surface area contributed by atoms with Gasteiger partial charge in [-0.05, 0) is 63.6 Å². The highest BCUT2D eigenvalue weighted by Crippen LogP contribution is 2.22. The maximum Gasteiger partial charge on any atom is 0.241 e. The zero-order valence-corrected chi connectivity index (χ0v) is 20.4. The van der Waals surface area contributed by atoms with Gasteiger partial charge >= 0.3 is 0 Å². The molecule has 180 valence electrons. The highest BCUT2D eigenvalue weighted by atomic mass is 16.5. The van der Waals surface area contributed by atoms with E-state index in [0.29, 0.717) is 18.3 Å². The third kappa shape index (κ3) is 6.87. The first-order valence-corrected chi connectivity index (χ1v) is 12.6. The molecule has 33 heavy (non-hydrogen) atoms. The molecule has 1 N–H and O–H groups in total. The Morgan fingerprint density at radius 1 is 1.18 bits per heavy atom. The van der Waals surface area contributed by atoms with E-state index in [-0.39, 0.29) is 11.8 Å². The van der Waals surface area contributed by atoms with E-state index in [1.807, 2.05) is 12.1 Å². The van der Waals surface area contributed by atoms with Crippen LogP contribution in [0.1, 0.15) is 51.0 Å². The summed E-state index contributed by atoms with van der Waals surface area (Å²) in [5, 5.41) is 7.33. The summed E-state index contributed by atoms with van der Waals surface area (Å²) in [7, 11) is 0.